The Morgan fingerprint density at radius 1 is 1.04 bits per heavy atom. The third-order valence-electron chi connectivity index (χ3n) is 10.1. The van der Waals surface area contributed by atoms with Crippen molar-refractivity contribution in [2.24, 2.45) is 0 Å². The Morgan fingerprint density at radius 2 is 1.82 bits per heavy atom. The second kappa shape index (κ2) is 14.8. The van der Waals surface area contributed by atoms with Crippen LogP contribution in [0.5, 0.6) is 0 Å². The summed E-state index contributed by atoms with van der Waals surface area (Å²) >= 11 is 0. The second-order valence-corrected chi connectivity index (χ2v) is 13.6. The number of anilines is 1. The molecule has 2 fully saturated rings. The van der Waals surface area contributed by atoms with Gasteiger partial charge in [-0.25, -0.2) is 4.98 Å². The number of oxazole rings is 1. The molecule has 1 atom stereocenters. The number of hydrogen-bond donors (Lipinski definition) is 2. The van der Waals surface area contributed by atoms with Gasteiger partial charge in [-0.05, 0) is 136 Å². The van der Waals surface area contributed by atoms with E-state index in [1.54, 1.807) is 0 Å². The van der Waals surface area contributed by atoms with Gasteiger partial charge < -0.3 is 15.1 Å². The first-order valence-corrected chi connectivity index (χ1v) is 18.1. The summed E-state index contributed by atoms with van der Waals surface area (Å²) in [4.78, 5) is 12.4. The van der Waals surface area contributed by atoms with Crippen molar-refractivity contribution in [1.29, 1.82) is 5.26 Å². The highest BCUT2D eigenvalue weighted by molar-refractivity contribution is 5.87. The smallest absolute Gasteiger partial charge is 0.227 e. The first-order chi connectivity index (χ1) is 24.5. The molecule has 2 aliphatic heterocycles. The molecule has 50 heavy (non-hydrogen) atoms. The summed E-state index contributed by atoms with van der Waals surface area (Å²) in [5.74, 6) is 0.535. The van der Waals surface area contributed by atoms with Crippen LogP contribution in [-0.4, -0.2) is 34.5 Å². The number of nitrogens with one attached hydrogen (secondary N) is 2. The van der Waals surface area contributed by atoms with E-state index in [9.17, 15) is 5.26 Å². The molecule has 0 bridgehead atoms. The Labute approximate surface area is 295 Å². The molecule has 7 rings (SSSR count). The van der Waals surface area contributed by atoms with Gasteiger partial charge in [0.25, 0.3) is 0 Å². The van der Waals surface area contributed by atoms with E-state index in [1.165, 1.54) is 24.8 Å². The van der Waals surface area contributed by atoms with Gasteiger partial charge in [-0.3, -0.25) is 9.88 Å². The molecular formula is C43H46N6O. The van der Waals surface area contributed by atoms with Gasteiger partial charge in [0.05, 0.1) is 17.0 Å². The first-order valence-electron chi connectivity index (χ1n) is 18.1. The highest BCUT2D eigenvalue weighted by Crippen LogP contribution is 2.38. The van der Waals surface area contributed by atoms with E-state index >= 15 is 0 Å². The third kappa shape index (κ3) is 6.74. The fourth-order valence-corrected chi connectivity index (χ4v) is 7.55. The lowest BCUT2D eigenvalue weighted by molar-refractivity contribution is 0.331. The Kier molecular flexibility index (Phi) is 9.93. The first kappa shape index (κ1) is 33.5. The zero-order valence-electron chi connectivity index (χ0n) is 29.6. The van der Waals surface area contributed by atoms with Crippen molar-refractivity contribution in [2.75, 3.05) is 25.0 Å². The molecule has 0 spiro atoms. The number of fused-ring (bicyclic) bond motifs is 1. The number of nitriles is 1. The summed E-state index contributed by atoms with van der Waals surface area (Å²) in [5.41, 5.74) is 13.7. The minimum atomic E-state index is 0.366. The maximum atomic E-state index is 10.0. The normalized spacial score (nSPS) is 16.9. The lowest BCUT2D eigenvalue weighted by Crippen LogP contribution is -2.18. The van der Waals surface area contributed by atoms with Crippen molar-refractivity contribution in [2.45, 2.75) is 72.4 Å². The predicted octanol–water partition coefficient (Wildman–Crippen LogP) is 9.96. The van der Waals surface area contributed by atoms with Crippen molar-refractivity contribution in [1.82, 2.24) is 20.2 Å². The van der Waals surface area contributed by atoms with E-state index in [1.807, 2.05) is 12.3 Å². The minimum absolute atomic E-state index is 0.366. The van der Waals surface area contributed by atoms with Crippen LogP contribution in [0.1, 0.15) is 91.1 Å². The van der Waals surface area contributed by atoms with E-state index in [0.29, 0.717) is 23.1 Å². The topological polar surface area (TPSA) is 90.0 Å². The van der Waals surface area contributed by atoms with Crippen molar-refractivity contribution >= 4 is 28.6 Å². The number of pyridine rings is 1. The monoisotopic (exact) mass is 662 g/mol. The molecule has 254 valence electrons. The maximum absolute atomic E-state index is 10.0. The Morgan fingerprint density at radius 3 is 2.56 bits per heavy atom. The number of hydrogen-bond acceptors (Lipinski definition) is 7. The van der Waals surface area contributed by atoms with Crippen LogP contribution in [0, 0.1) is 25.2 Å². The molecule has 2 aliphatic rings. The van der Waals surface area contributed by atoms with Crippen LogP contribution in [0.2, 0.25) is 0 Å². The van der Waals surface area contributed by atoms with Gasteiger partial charge in [0.15, 0.2) is 5.58 Å². The summed E-state index contributed by atoms with van der Waals surface area (Å²) < 4.78 is 6.34. The molecule has 2 aromatic heterocycles. The second-order valence-electron chi connectivity index (χ2n) is 13.6. The largest absolute Gasteiger partial charge is 0.435 e. The Hall–Kier alpha value is -5.03. The van der Waals surface area contributed by atoms with Crippen LogP contribution < -0.4 is 10.6 Å². The molecule has 0 saturated carbocycles. The third-order valence-corrected chi connectivity index (χ3v) is 10.1. The zero-order chi connectivity index (χ0) is 34.6. The fourth-order valence-electron chi connectivity index (χ4n) is 7.55. The molecule has 3 aromatic carbocycles. The highest BCUT2D eigenvalue weighted by Gasteiger charge is 2.21. The van der Waals surface area contributed by atoms with Gasteiger partial charge in [0, 0.05) is 35.6 Å². The lowest BCUT2D eigenvalue weighted by atomic mass is 9.92. The van der Waals surface area contributed by atoms with Crippen LogP contribution in [0.4, 0.5) is 5.69 Å². The van der Waals surface area contributed by atoms with Gasteiger partial charge in [0.1, 0.15) is 11.6 Å². The SMILES string of the molecule is C/C=C\c1cc(C2CCCN2)cnc1/C(=C/CC)Nc1cccc(-c2cccc(-c3nc4cc(CN5CCCC5)cc(C#N)c4o3)c2C)c1C. The standard InChI is InChI=1S/C43H46N6O/c1-5-12-31-24-33(38-18-11-19-45-38)26-46-41(31)39(13-6-2)47-37-17-10-15-35(29(37)4)34-14-9-16-36(28(34)3)43-48-40-23-30(27-49-20-7-8-21-49)22-32(25-44)42(40)50-43/h5,9-10,12-17,22-24,26,38,45,47H,6-8,11,18-21,27H2,1-4H3/b12-5-,39-13-. The minimum Gasteiger partial charge on any atom is -0.435 e. The average Bonchev–Trinajstić information content (AvgIpc) is 3.92. The van der Waals surface area contributed by atoms with Crippen molar-refractivity contribution in [3.05, 3.63) is 112 Å². The van der Waals surface area contributed by atoms with Crippen LogP contribution >= 0.6 is 0 Å². The molecule has 7 nitrogen and oxygen atoms in total. The summed E-state index contributed by atoms with van der Waals surface area (Å²) in [6.45, 7) is 12.6. The quantitative estimate of drug-likeness (QED) is 0.154. The summed E-state index contributed by atoms with van der Waals surface area (Å²) in [7, 11) is 0. The van der Waals surface area contributed by atoms with Crippen molar-refractivity contribution in [3.63, 3.8) is 0 Å². The van der Waals surface area contributed by atoms with E-state index < -0.39 is 0 Å². The zero-order valence-corrected chi connectivity index (χ0v) is 29.6. The van der Waals surface area contributed by atoms with E-state index in [2.05, 4.69) is 116 Å². The molecule has 1 unspecified atom stereocenters. The summed E-state index contributed by atoms with van der Waals surface area (Å²) in [6.07, 6.45) is 14.2. The number of benzene rings is 3. The van der Waals surface area contributed by atoms with Gasteiger partial charge in [-0.2, -0.15) is 5.26 Å². The van der Waals surface area contributed by atoms with Gasteiger partial charge in [-0.1, -0.05) is 49.4 Å². The molecule has 2 N–H and O–H groups in total. The molecule has 4 heterocycles. The van der Waals surface area contributed by atoms with Gasteiger partial charge >= 0.3 is 0 Å². The molecule has 5 aromatic rings. The van der Waals surface area contributed by atoms with Crippen LogP contribution in [-0.2, 0) is 6.54 Å². The molecule has 0 amide bonds. The lowest BCUT2D eigenvalue weighted by Gasteiger charge is -2.19. The Balaban J connectivity index is 1.21. The number of nitrogens with zero attached hydrogens (tertiary/aromatic N) is 4. The average molecular weight is 663 g/mol. The number of likely N-dealkylation sites (tertiary alicyclic amines) is 1. The van der Waals surface area contributed by atoms with Crippen LogP contribution in [0.3, 0.4) is 0 Å². The highest BCUT2D eigenvalue weighted by atomic mass is 16.3. The fraction of sp³-hybridized carbons (Fsp3) is 0.326. The molecule has 2 saturated heterocycles. The van der Waals surface area contributed by atoms with E-state index in [-0.39, 0.29) is 0 Å². The van der Waals surface area contributed by atoms with Gasteiger partial charge in [0.2, 0.25) is 5.89 Å². The van der Waals surface area contributed by atoms with E-state index in [0.717, 1.165) is 101 Å². The molecule has 7 heteroatoms. The predicted molar refractivity (Wildman–Crippen MR) is 204 cm³/mol. The number of aromatic nitrogens is 2. The molecule has 0 radical (unpaired) electrons. The Bertz CT molecular complexity index is 2120. The van der Waals surface area contributed by atoms with Crippen molar-refractivity contribution in [3.8, 4) is 28.7 Å². The molecular weight excluding hydrogens is 617 g/mol. The summed E-state index contributed by atoms with van der Waals surface area (Å²) in [5, 5.41) is 17.4. The number of rotatable bonds is 10. The molecule has 0 aliphatic carbocycles. The number of allylic oxidation sites excluding steroid dienone is 2. The maximum Gasteiger partial charge on any atom is 0.227 e. The van der Waals surface area contributed by atoms with Crippen molar-refractivity contribution < 1.29 is 4.42 Å². The van der Waals surface area contributed by atoms with E-state index in [4.69, 9.17) is 14.4 Å². The van der Waals surface area contributed by atoms with Gasteiger partial charge in [-0.15, -0.1) is 0 Å². The summed E-state index contributed by atoms with van der Waals surface area (Å²) in [6, 6.07) is 21.7. The van der Waals surface area contributed by atoms with Crippen LogP contribution in [0.25, 0.3) is 45.5 Å². The van der Waals surface area contributed by atoms with Crippen LogP contribution in [0.15, 0.2) is 77.4 Å².